The van der Waals surface area contributed by atoms with Gasteiger partial charge >= 0.3 is 0 Å². The molecule has 5 heteroatoms. The molecule has 0 unspecified atom stereocenters. The molecule has 4 nitrogen and oxygen atoms in total. The Bertz CT molecular complexity index is 641. The number of methoxy groups -OCH3 is 1. The minimum atomic E-state index is 0.323. The van der Waals surface area contributed by atoms with Gasteiger partial charge in [-0.3, -0.25) is 0 Å². The first-order chi connectivity index (χ1) is 10.6. The molecule has 0 fully saturated rings. The Morgan fingerprint density at radius 3 is 2.32 bits per heavy atom. The average Bonchev–Trinajstić information content (AvgIpc) is 2.53. The maximum atomic E-state index is 5.70. The van der Waals surface area contributed by atoms with Gasteiger partial charge in [0.15, 0.2) is 11.5 Å². The van der Waals surface area contributed by atoms with E-state index in [1.165, 1.54) is 5.56 Å². The molecule has 0 atom stereocenters. The van der Waals surface area contributed by atoms with Crippen LogP contribution in [0.4, 0.5) is 0 Å². The number of nitrogens with two attached hydrogens (primary N) is 1. The van der Waals surface area contributed by atoms with Crippen molar-refractivity contribution in [2.24, 2.45) is 5.73 Å². The topological polar surface area (TPSA) is 53.7 Å². The van der Waals surface area contributed by atoms with Gasteiger partial charge in [0.2, 0.25) is 0 Å². The third-order valence-corrected chi connectivity index (χ3v) is 3.31. The Labute approximate surface area is 135 Å². The summed E-state index contributed by atoms with van der Waals surface area (Å²) >= 11 is 4.97. The van der Waals surface area contributed by atoms with Crippen molar-refractivity contribution in [1.82, 2.24) is 0 Å². The van der Waals surface area contributed by atoms with Crippen molar-refractivity contribution < 1.29 is 14.2 Å². The van der Waals surface area contributed by atoms with Crippen LogP contribution in [0.2, 0.25) is 0 Å². The van der Waals surface area contributed by atoms with Crippen LogP contribution in [0.25, 0.3) is 0 Å². The maximum Gasteiger partial charge on any atom is 0.162 e. The molecule has 0 aromatic heterocycles. The zero-order valence-corrected chi connectivity index (χ0v) is 13.5. The summed E-state index contributed by atoms with van der Waals surface area (Å²) in [5.41, 5.74) is 7.57. The number of benzene rings is 2. The lowest BCUT2D eigenvalue weighted by Gasteiger charge is -2.12. The lowest BCUT2D eigenvalue weighted by Crippen LogP contribution is -2.12. The van der Waals surface area contributed by atoms with Crippen molar-refractivity contribution in [2.45, 2.75) is 6.92 Å². The number of hydrogen-bond acceptors (Lipinski definition) is 4. The standard InChI is InChI=1S/C17H19NO3S/c1-12-3-6-14(7-4-12)20-9-10-21-16-11-13(17(18)22)5-8-15(16)19-2/h3-8,11H,9-10H2,1-2H3,(H2,18,22). The van der Waals surface area contributed by atoms with Gasteiger partial charge in [-0.2, -0.15) is 0 Å². The average molecular weight is 317 g/mol. The number of ether oxygens (including phenoxy) is 3. The Balaban J connectivity index is 1.91. The van der Waals surface area contributed by atoms with E-state index in [1.807, 2.05) is 31.2 Å². The summed E-state index contributed by atoms with van der Waals surface area (Å²) in [7, 11) is 1.59. The van der Waals surface area contributed by atoms with Crippen LogP contribution in [0.15, 0.2) is 42.5 Å². The number of aryl methyl sites for hydroxylation is 1. The van der Waals surface area contributed by atoms with Crippen molar-refractivity contribution in [1.29, 1.82) is 0 Å². The molecule has 0 saturated heterocycles. The highest BCUT2D eigenvalue weighted by Crippen LogP contribution is 2.28. The second-order valence-corrected chi connectivity index (χ2v) is 5.18. The van der Waals surface area contributed by atoms with E-state index in [2.05, 4.69) is 0 Å². The highest BCUT2D eigenvalue weighted by molar-refractivity contribution is 7.80. The highest BCUT2D eigenvalue weighted by Gasteiger charge is 2.07. The Kier molecular flexibility index (Phi) is 5.61. The molecule has 0 spiro atoms. The van der Waals surface area contributed by atoms with Crippen LogP contribution >= 0.6 is 12.2 Å². The monoisotopic (exact) mass is 317 g/mol. The van der Waals surface area contributed by atoms with Crippen molar-refractivity contribution in [2.75, 3.05) is 20.3 Å². The van der Waals surface area contributed by atoms with Gasteiger partial charge in [-0.1, -0.05) is 29.9 Å². The number of hydrogen-bond donors (Lipinski definition) is 1. The summed E-state index contributed by atoms with van der Waals surface area (Å²) in [6.45, 7) is 2.86. The largest absolute Gasteiger partial charge is 0.493 e. The molecular weight excluding hydrogens is 298 g/mol. The zero-order chi connectivity index (χ0) is 15.9. The predicted octanol–water partition coefficient (Wildman–Crippen LogP) is 3.10. The van der Waals surface area contributed by atoms with Gasteiger partial charge in [0.05, 0.1) is 7.11 Å². The first-order valence-electron chi connectivity index (χ1n) is 6.90. The van der Waals surface area contributed by atoms with Crippen LogP contribution < -0.4 is 19.9 Å². The summed E-state index contributed by atoms with van der Waals surface area (Å²) in [6, 6.07) is 13.2. The van der Waals surface area contributed by atoms with Crippen molar-refractivity contribution in [3.8, 4) is 17.2 Å². The van der Waals surface area contributed by atoms with E-state index < -0.39 is 0 Å². The molecule has 0 aliphatic heterocycles. The summed E-state index contributed by atoms with van der Waals surface area (Å²) in [6.07, 6.45) is 0. The first-order valence-corrected chi connectivity index (χ1v) is 7.31. The van der Waals surface area contributed by atoms with E-state index in [0.29, 0.717) is 29.7 Å². The quantitative estimate of drug-likeness (QED) is 0.628. The number of rotatable bonds is 7. The lowest BCUT2D eigenvalue weighted by atomic mass is 10.2. The maximum absolute atomic E-state index is 5.70. The van der Waals surface area contributed by atoms with Gasteiger partial charge in [-0.05, 0) is 37.3 Å². The van der Waals surface area contributed by atoms with Gasteiger partial charge in [-0.25, -0.2) is 0 Å². The third kappa shape index (κ3) is 4.36. The van der Waals surface area contributed by atoms with Crippen LogP contribution in [0.5, 0.6) is 17.2 Å². The molecule has 116 valence electrons. The van der Waals surface area contributed by atoms with E-state index in [4.69, 9.17) is 32.2 Å². The first kappa shape index (κ1) is 16.1. The van der Waals surface area contributed by atoms with E-state index in [-0.39, 0.29) is 0 Å². The molecule has 0 aliphatic rings. The second-order valence-electron chi connectivity index (χ2n) is 4.74. The lowest BCUT2D eigenvalue weighted by molar-refractivity contribution is 0.211. The Morgan fingerprint density at radius 2 is 1.68 bits per heavy atom. The van der Waals surface area contributed by atoms with Crippen molar-refractivity contribution in [3.63, 3.8) is 0 Å². The summed E-state index contributed by atoms with van der Waals surface area (Å²) in [5, 5.41) is 0. The SMILES string of the molecule is COc1ccc(C(N)=S)cc1OCCOc1ccc(C)cc1. The zero-order valence-electron chi connectivity index (χ0n) is 12.7. The minimum absolute atomic E-state index is 0.323. The molecule has 0 aliphatic carbocycles. The van der Waals surface area contributed by atoms with E-state index in [1.54, 1.807) is 25.3 Å². The number of thiocarbonyl (C=S) groups is 1. The molecule has 0 heterocycles. The van der Waals surface area contributed by atoms with E-state index in [0.717, 1.165) is 11.3 Å². The van der Waals surface area contributed by atoms with Gasteiger partial charge in [0.25, 0.3) is 0 Å². The van der Waals surface area contributed by atoms with Gasteiger partial charge in [-0.15, -0.1) is 0 Å². The fourth-order valence-corrected chi connectivity index (χ4v) is 2.02. The van der Waals surface area contributed by atoms with Gasteiger partial charge in [0.1, 0.15) is 24.0 Å². The Morgan fingerprint density at radius 1 is 1.00 bits per heavy atom. The molecule has 2 aromatic rings. The highest BCUT2D eigenvalue weighted by atomic mass is 32.1. The minimum Gasteiger partial charge on any atom is -0.493 e. The molecule has 22 heavy (non-hydrogen) atoms. The molecule has 0 saturated carbocycles. The molecule has 2 rings (SSSR count). The Hall–Kier alpha value is -2.27. The molecule has 0 bridgehead atoms. The van der Waals surface area contributed by atoms with Crippen LogP contribution in [0.3, 0.4) is 0 Å². The fourth-order valence-electron chi connectivity index (χ4n) is 1.89. The molecule has 0 radical (unpaired) electrons. The van der Waals surface area contributed by atoms with Crippen LogP contribution in [0, 0.1) is 6.92 Å². The third-order valence-electron chi connectivity index (χ3n) is 3.08. The molecule has 2 aromatic carbocycles. The second kappa shape index (κ2) is 7.66. The summed E-state index contributed by atoms with van der Waals surface area (Å²) in [4.78, 5) is 0.323. The van der Waals surface area contributed by atoms with Crippen molar-refractivity contribution >= 4 is 17.2 Å². The molecule has 2 N–H and O–H groups in total. The van der Waals surface area contributed by atoms with Crippen molar-refractivity contribution in [3.05, 3.63) is 53.6 Å². The fraction of sp³-hybridized carbons (Fsp3) is 0.235. The van der Waals surface area contributed by atoms with Crippen LogP contribution in [-0.2, 0) is 0 Å². The summed E-state index contributed by atoms with van der Waals surface area (Å²) in [5.74, 6) is 2.05. The van der Waals surface area contributed by atoms with E-state index in [9.17, 15) is 0 Å². The van der Waals surface area contributed by atoms with Gasteiger partial charge in [0, 0.05) is 5.56 Å². The van der Waals surface area contributed by atoms with E-state index >= 15 is 0 Å². The van der Waals surface area contributed by atoms with Crippen LogP contribution in [0.1, 0.15) is 11.1 Å². The van der Waals surface area contributed by atoms with Crippen LogP contribution in [-0.4, -0.2) is 25.3 Å². The predicted molar refractivity (Wildman–Crippen MR) is 91.1 cm³/mol. The smallest absolute Gasteiger partial charge is 0.162 e. The molecular formula is C17H19NO3S. The normalized spacial score (nSPS) is 10.1. The van der Waals surface area contributed by atoms with Gasteiger partial charge < -0.3 is 19.9 Å². The summed E-state index contributed by atoms with van der Waals surface area (Å²) < 4.78 is 16.6. The molecule has 0 amide bonds.